The van der Waals surface area contributed by atoms with Gasteiger partial charge in [0.2, 0.25) is 0 Å². The first-order chi connectivity index (χ1) is 11.8. The molecule has 120 valence electrons. The van der Waals surface area contributed by atoms with E-state index in [1.165, 1.54) is 21.9 Å². The van der Waals surface area contributed by atoms with Crippen LogP contribution in [0.1, 0.15) is 37.7 Å². The third-order valence-corrected chi connectivity index (χ3v) is 4.93. The van der Waals surface area contributed by atoms with E-state index >= 15 is 0 Å². The lowest BCUT2D eigenvalue weighted by atomic mass is 10.0. The van der Waals surface area contributed by atoms with Gasteiger partial charge in [-0.2, -0.15) is 0 Å². The van der Waals surface area contributed by atoms with Gasteiger partial charge in [0, 0.05) is 12.5 Å². The highest BCUT2D eigenvalue weighted by atomic mass is 15.1. The lowest BCUT2D eigenvalue weighted by molar-refractivity contribution is 0.526. The fraction of sp³-hybridized carbons (Fsp3) is 0.227. The summed E-state index contributed by atoms with van der Waals surface area (Å²) in [7, 11) is 0. The number of nitrogens with zero attached hydrogens (tertiary/aromatic N) is 2. The molecule has 0 N–H and O–H groups in total. The number of hydrogen-bond donors (Lipinski definition) is 0. The zero-order valence-corrected chi connectivity index (χ0v) is 14.2. The minimum atomic E-state index is 0.447. The second-order valence-electron chi connectivity index (χ2n) is 6.46. The van der Waals surface area contributed by atoms with Gasteiger partial charge in [-0.1, -0.05) is 61.5 Å². The molecule has 0 saturated heterocycles. The summed E-state index contributed by atoms with van der Waals surface area (Å²) in [4.78, 5) is 4.95. The van der Waals surface area contributed by atoms with Gasteiger partial charge < -0.3 is 4.57 Å². The average molecular weight is 314 g/mol. The molecule has 2 heteroatoms. The molecular weight excluding hydrogens is 292 g/mol. The van der Waals surface area contributed by atoms with Crippen molar-refractivity contribution < 1.29 is 0 Å². The largest absolute Gasteiger partial charge is 0.325 e. The smallest absolute Gasteiger partial charge is 0.114 e. The van der Waals surface area contributed by atoms with Crippen LogP contribution in [0.5, 0.6) is 0 Å². The fourth-order valence-corrected chi connectivity index (χ4v) is 3.51. The summed E-state index contributed by atoms with van der Waals surface area (Å²) < 4.78 is 2.41. The molecule has 4 rings (SSSR count). The Hall–Kier alpha value is -2.61. The van der Waals surface area contributed by atoms with Crippen molar-refractivity contribution in [1.82, 2.24) is 9.55 Å². The van der Waals surface area contributed by atoms with Gasteiger partial charge in [0.25, 0.3) is 0 Å². The third-order valence-electron chi connectivity index (χ3n) is 4.93. The number of benzene rings is 3. The predicted octanol–water partition coefficient (Wildman–Crippen LogP) is 5.75. The van der Waals surface area contributed by atoms with E-state index in [-0.39, 0.29) is 0 Å². The molecule has 1 atom stereocenters. The number of aromatic nitrogens is 2. The van der Waals surface area contributed by atoms with Crippen molar-refractivity contribution in [1.29, 1.82) is 0 Å². The molecule has 24 heavy (non-hydrogen) atoms. The Morgan fingerprint density at radius 2 is 1.67 bits per heavy atom. The second-order valence-corrected chi connectivity index (χ2v) is 6.46. The predicted molar refractivity (Wildman–Crippen MR) is 101 cm³/mol. The number of fused-ring (bicyclic) bond motifs is 2. The van der Waals surface area contributed by atoms with Crippen LogP contribution in [0.25, 0.3) is 21.8 Å². The maximum absolute atomic E-state index is 4.95. The van der Waals surface area contributed by atoms with E-state index in [0.29, 0.717) is 6.04 Å². The van der Waals surface area contributed by atoms with Crippen molar-refractivity contribution in [2.45, 2.75) is 32.7 Å². The first-order valence-electron chi connectivity index (χ1n) is 8.70. The molecular formula is C22H22N2. The van der Waals surface area contributed by atoms with Crippen LogP contribution in [0.4, 0.5) is 0 Å². The molecule has 0 amide bonds. The van der Waals surface area contributed by atoms with Crippen LogP contribution in [0, 0.1) is 0 Å². The van der Waals surface area contributed by atoms with Crippen LogP contribution >= 0.6 is 0 Å². The fourth-order valence-electron chi connectivity index (χ4n) is 3.51. The van der Waals surface area contributed by atoms with Crippen LogP contribution in [-0.2, 0) is 6.42 Å². The van der Waals surface area contributed by atoms with Crippen molar-refractivity contribution in [2.75, 3.05) is 0 Å². The molecule has 0 fully saturated rings. The summed E-state index contributed by atoms with van der Waals surface area (Å²) in [5.74, 6) is 1.15. The van der Waals surface area contributed by atoms with E-state index in [1.807, 2.05) is 0 Å². The van der Waals surface area contributed by atoms with Crippen LogP contribution in [0.15, 0.2) is 66.7 Å². The third kappa shape index (κ3) is 2.48. The van der Waals surface area contributed by atoms with Crippen LogP contribution in [0.2, 0.25) is 0 Å². The first kappa shape index (κ1) is 14.9. The van der Waals surface area contributed by atoms with Crippen molar-refractivity contribution in [2.24, 2.45) is 0 Å². The molecule has 1 aromatic heterocycles. The molecule has 0 unspecified atom stereocenters. The minimum absolute atomic E-state index is 0.447. The number of rotatable bonds is 4. The van der Waals surface area contributed by atoms with Crippen LogP contribution in [0.3, 0.4) is 0 Å². The quantitative estimate of drug-likeness (QED) is 0.469. The van der Waals surface area contributed by atoms with Gasteiger partial charge in [-0.05, 0) is 41.8 Å². The van der Waals surface area contributed by atoms with E-state index in [0.717, 1.165) is 24.2 Å². The van der Waals surface area contributed by atoms with Crippen molar-refractivity contribution in [3.63, 3.8) is 0 Å². The number of hydrogen-bond acceptors (Lipinski definition) is 1. The number of para-hydroxylation sites is 2. The van der Waals surface area contributed by atoms with Crippen molar-refractivity contribution >= 4 is 21.8 Å². The van der Waals surface area contributed by atoms with Gasteiger partial charge in [-0.25, -0.2) is 4.98 Å². The normalized spacial score (nSPS) is 12.8. The Balaban J connectivity index is 1.87. The lowest BCUT2D eigenvalue weighted by Crippen LogP contribution is -2.09. The Kier molecular flexibility index (Phi) is 3.81. The summed E-state index contributed by atoms with van der Waals surface area (Å²) >= 11 is 0. The van der Waals surface area contributed by atoms with E-state index in [4.69, 9.17) is 4.98 Å². The summed E-state index contributed by atoms with van der Waals surface area (Å²) in [5, 5.41) is 2.61. The van der Waals surface area contributed by atoms with Crippen molar-refractivity contribution in [3.8, 4) is 0 Å². The topological polar surface area (TPSA) is 17.8 Å². The summed E-state index contributed by atoms with van der Waals surface area (Å²) in [6.45, 7) is 4.52. The molecule has 0 bridgehead atoms. The van der Waals surface area contributed by atoms with Gasteiger partial charge in [0.05, 0.1) is 11.0 Å². The lowest BCUT2D eigenvalue weighted by Gasteiger charge is -2.16. The molecule has 4 aromatic rings. The molecule has 0 spiro atoms. The standard InChI is InChI=1S/C22H22N2/c1-3-16(2)24-21-14-7-6-13-20(21)23-22(24)15-18-11-8-10-17-9-4-5-12-19(17)18/h4-14,16H,3,15H2,1-2H3/t16-/m0/s1. The van der Waals surface area contributed by atoms with Gasteiger partial charge in [-0.15, -0.1) is 0 Å². The zero-order valence-electron chi connectivity index (χ0n) is 14.2. The van der Waals surface area contributed by atoms with Gasteiger partial charge in [0.15, 0.2) is 0 Å². The van der Waals surface area contributed by atoms with E-state index < -0.39 is 0 Å². The van der Waals surface area contributed by atoms with Crippen LogP contribution < -0.4 is 0 Å². The highest BCUT2D eigenvalue weighted by Crippen LogP contribution is 2.27. The Morgan fingerprint density at radius 3 is 2.54 bits per heavy atom. The molecule has 3 aromatic carbocycles. The summed E-state index contributed by atoms with van der Waals surface area (Å²) in [5.41, 5.74) is 3.67. The average Bonchev–Trinajstić information content (AvgIpc) is 2.99. The second kappa shape index (κ2) is 6.12. The monoisotopic (exact) mass is 314 g/mol. The molecule has 0 aliphatic heterocycles. The van der Waals surface area contributed by atoms with Gasteiger partial charge >= 0.3 is 0 Å². The molecule has 1 heterocycles. The molecule has 2 nitrogen and oxygen atoms in total. The maximum Gasteiger partial charge on any atom is 0.114 e. The van der Waals surface area contributed by atoms with Gasteiger partial charge in [-0.3, -0.25) is 0 Å². The Labute approximate surface area is 142 Å². The Morgan fingerprint density at radius 1 is 0.917 bits per heavy atom. The minimum Gasteiger partial charge on any atom is -0.325 e. The van der Waals surface area contributed by atoms with E-state index in [9.17, 15) is 0 Å². The van der Waals surface area contributed by atoms with E-state index in [1.54, 1.807) is 0 Å². The Bertz CT molecular complexity index is 992. The maximum atomic E-state index is 4.95. The number of imidazole rings is 1. The highest BCUT2D eigenvalue weighted by Gasteiger charge is 2.15. The molecule has 0 saturated carbocycles. The van der Waals surface area contributed by atoms with Gasteiger partial charge in [0.1, 0.15) is 5.82 Å². The van der Waals surface area contributed by atoms with E-state index in [2.05, 4.69) is 85.1 Å². The highest BCUT2D eigenvalue weighted by molar-refractivity contribution is 5.86. The first-order valence-corrected chi connectivity index (χ1v) is 8.70. The molecule has 0 aliphatic rings. The summed E-state index contributed by atoms with van der Waals surface area (Å²) in [6, 6.07) is 24.1. The van der Waals surface area contributed by atoms with Crippen molar-refractivity contribution in [3.05, 3.63) is 78.1 Å². The summed E-state index contributed by atoms with van der Waals surface area (Å²) in [6.07, 6.45) is 1.96. The van der Waals surface area contributed by atoms with Crippen LogP contribution in [-0.4, -0.2) is 9.55 Å². The molecule has 0 aliphatic carbocycles. The zero-order chi connectivity index (χ0) is 16.5. The molecule has 0 radical (unpaired) electrons. The SMILES string of the molecule is CC[C@H](C)n1c(Cc2cccc3ccccc23)nc2ccccc21.